The number of aliphatic hydroxyl groups excluding tert-OH is 1. The fraction of sp³-hybridized carbons (Fsp3) is 0.375. The van der Waals surface area contributed by atoms with Crippen LogP contribution in [0.15, 0.2) is 48.3 Å². The van der Waals surface area contributed by atoms with Crippen molar-refractivity contribution >= 4 is 17.4 Å². The molecule has 1 aromatic carbocycles. The minimum absolute atomic E-state index is 0.0671. The Morgan fingerprint density at radius 1 is 1.09 bits per heavy atom. The molecule has 4 rings (SSSR count). The third kappa shape index (κ3) is 4.05. The fourth-order valence-corrected chi connectivity index (χ4v) is 4.14. The third-order valence-corrected chi connectivity index (χ3v) is 5.93. The molecule has 3 heterocycles. The number of benzene rings is 1. The smallest absolute Gasteiger partial charge is 0.295 e. The minimum atomic E-state index is -0.696. The molecule has 0 saturated carbocycles. The molecule has 2 aromatic rings. The number of ether oxygens (including phenoxy) is 2. The Morgan fingerprint density at radius 2 is 1.78 bits per heavy atom. The van der Waals surface area contributed by atoms with Crippen LogP contribution in [0.5, 0.6) is 11.5 Å². The van der Waals surface area contributed by atoms with Gasteiger partial charge in [0.2, 0.25) is 0 Å². The summed E-state index contributed by atoms with van der Waals surface area (Å²) in [6, 6.07) is 7.83. The van der Waals surface area contributed by atoms with E-state index in [1.54, 1.807) is 47.6 Å². The van der Waals surface area contributed by atoms with Gasteiger partial charge in [-0.2, -0.15) is 0 Å². The number of rotatable bonds is 7. The molecule has 1 amide bonds. The first-order valence-electron chi connectivity index (χ1n) is 10.9. The molecule has 168 valence electrons. The van der Waals surface area contributed by atoms with Crippen molar-refractivity contribution < 1.29 is 24.2 Å². The van der Waals surface area contributed by atoms with Gasteiger partial charge in [-0.15, -0.1) is 0 Å². The average molecular weight is 437 g/mol. The number of likely N-dealkylation sites (tertiary alicyclic amines) is 1. The van der Waals surface area contributed by atoms with Crippen molar-refractivity contribution in [2.24, 2.45) is 0 Å². The van der Waals surface area contributed by atoms with E-state index in [1.807, 2.05) is 0 Å². The van der Waals surface area contributed by atoms with Crippen LogP contribution in [-0.4, -0.2) is 71.0 Å². The summed E-state index contributed by atoms with van der Waals surface area (Å²) in [5.41, 5.74) is 1.19. The Balaban J connectivity index is 1.76. The normalized spacial score (nSPS) is 19.6. The number of carbonyl (C=O) groups excluding carboxylic acids is 2. The summed E-state index contributed by atoms with van der Waals surface area (Å²) >= 11 is 0. The van der Waals surface area contributed by atoms with E-state index >= 15 is 0 Å². The molecule has 0 spiro atoms. The molecule has 8 nitrogen and oxygen atoms in total. The number of fused-ring (bicyclic) bond motifs is 1. The number of hydrogen-bond donors (Lipinski definition) is 1. The number of Topliss-reactive ketones (excluding diaryl/α,β-unsaturated/α-hetero) is 1. The van der Waals surface area contributed by atoms with Crippen LogP contribution in [0.2, 0.25) is 0 Å². The van der Waals surface area contributed by atoms with Crippen LogP contribution in [0, 0.1) is 0 Å². The number of amides is 1. The highest BCUT2D eigenvalue weighted by molar-refractivity contribution is 6.46. The molecule has 1 atom stereocenters. The monoisotopic (exact) mass is 437 g/mol. The van der Waals surface area contributed by atoms with Gasteiger partial charge in [-0.1, -0.05) is 13.8 Å². The van der Waals surface area contributed by atoms with E-state index in [0.717, 1.165) is 18.7 Å². The Morgan fingerprint density at radius 3 is 2.47 bits per heavy atom. The average Bonchev–Trinajstić information content (AvgIpc) is 3.09. The van der Waals surface area contributed by atoms with E-state index in [-0.39, 0.29) is 11.3 Å². The lowest BCUT2D eigenvalue weighted by Gasteiger charge is -2.28. The molecule has 1 unspecified atom stereocenters. The van der Waals surface area contributed by atoms with Gasteiger partial charge in [-0.3, -0.25) is 14.6 Å². The number of likely N-dealkylation sites (N-methyl/N-ethyl adjacent to an activating group) is 1. The van der Waals surface area contributed by atoms with Gasteiger partial charge < -0.3 is 24.4 Å². The number of nitrogens with zero attached hydrogens (tertiary/aromatic N) is 3. The zero-order chi connectivity index (χ0) is 22.7. The summed E-state index contributed by atoms with van der Waals surface area (Å²) in [5.74, 6) is -0.459. The maximum absolute atomic E-state index is 13.1. The zero-order valence-electron chi connectivity index (χ0n) is 18.3. The van der Waals surface area contributed by atoms with E-state index in [4.69, 9.17) is 9.47 Å². The molecule has 1 aromatic heterocycles. The Kier molecular flexibility index (Phi) is 6.41. The molecule has 2 aliphatic heterocycles. The maximum atomic E-state index is 13.1. The van der Waals surface area contributed by atoms with E-state index in [2.05, 4.69) is 23.7 Å². The summed E-state index contributed by atoms with van der Waals surface area (Å²) < 4.78 is 11.2. The van der Waals surface area contributed by atoms with Crippen molar-refractivity contribution in [1.29, 1.82) is 0 Å². The molecule has 1 fully saturated rings. The first-order chi connectivity index (χ1) is 15.5. The highest BCUT2D eigenvalue weighted by Crippen LogP contribution is 2.40. The van der Waals surface area contributed by atoms with Crippen LogP contribution in [-0.2, 0) is 9.59 Å². The van der Waals surface area contributed by atoms with Crippen molar-refractivity contribution in [2.45, 2.75) is 19.9 Å². The SMILES string of the molecule is CCN(CC)CCN1C(=O)C(=O)C(=C(O)c2ccc3c(c2)OCCO3)C1c1ccncc1. The summed E-state index contributed by atoms with van der Waals surface area (Å²) in [4.78, 5) is 33.9. The third-order valence-electron chi connectivity index (χ3n) is 5.93. The Bertz CT molecular complexity index is 1030. The highest BCUT2D eigenvalue weighted by atomic mass is 16.6. The van der Waals surface area contributed by atoms with Gasteiger partial charge in [-0.25, -0.2) is 0 Å². The van der Waals surface area contributed by atoms with E-state index in [1.165, 1.54) is 0 Å². The molecule has 1 N–H and O–H groups in total. The van der Waals surface area contributed by atoms with Gasteiger partial charge >= 0.3 is 0 Å². The Hall–Kier alpha value is -3.39. The van der Waals surface area contributed by atoms with Crippen LogP contribution in [0.1, 0.15) is 31.0 Å². The van der Waals surface area contributed by atoms with Crippen molar-refractivity contribution in [1.82, 2.24) is 14.8 Å². The first kappa shape index (κ1) is 21.8. The van der Waals surface area contributed by atoms with Crippen LogP contribution in [0.3, 0.4) is 0 Å². The second kappa shape index (κ2) is 9.40. The molecule has 2 aliphatic rings. The van der Waals surface area contributed by atoms with Crippen LogP contribution in [0.25, 0.3) is 5.76 Å². The molecular weight excluding hydrogens is 410 g/mol. The molecule has 0 radical (unpaired) electrons. The van der Waals surface area contributed by atoms with Crippen molar-refractivity contribution in [3.8, 4) is 11.5 Å². The van der Waals surface area contributed by atoms with Crippen LogP contribution in [0.4, 0.5) is 0 Å². The quantitative estimate of drug-likeness (QED) is 0.404. The molecule has 0 bridgehead atoms. The predicted molar refractivity (Wildman–Crippen MR) is 118 cm³/mol. The Labute approximate surface area is 187 Å². The van der Waals surface area contributed by atoms with E-state index in [0.29, 0.717) is 43.4 Å². The van der Waals surface area contributed by atoms with Crippen LogP contribution >= 0.6 is 0 Å². The summed E-state index contributed by atoms with van der Waals surface area (Å²) in [7, 11) is 0. The largest absolute Gasteiger partial charge is 0.507 e. The lowest BCUT2D eigenvalue weighted by atomic mass is 9.96. The lowest BCUT2D eigenvalue weighted by molar-refractivity contribution is -0.140. The number of aromatic nitrogens is 1. The van der Waals surface area contributed by atoms with Gasteiger partial charge in [-0.05, 0) is 49.0 Å². The summed E-state index contributed by atoms with van der Waals surface area (Å²) in [6.45, 7) is 7.67. The molecule has 32 heavy (non-hydrogen) atoms. The second-order valence-electron chi connectivity index (χ2n) is 7.66. The summed E-state index contributed by atoms with van der Waals surface area (Å²) in [5, 5.41) is 11.2. The number of aliphatic hydroxyl groups is 1. The first-order valence-corrected chi connectivity index (χ1v) is 10.9. The fourth-order valence-electron chi connectivity index (χ4n) is 4.14. The van der Waals surface area contributed by atoms with Crippen molar-refractivity contribution in [3.63, 3.8) is 0 Å². The number of carbonyl (C=O) groups is 2. The van der Waals surface area contributed by atoms with E-state index in [9.17, 15) is 14.7 Å². The van der Waals surface area contributed by atoms with E-state index < -0.39 is 17.7 Å². The highest BCUT2D eigenvalue weighted by Gasteiger charge is 2.46. The topological polar surface area (TPSA) is 92.2 Å². The maximum Gasteiger partial charge on any atom is 0.295 e. The number of ketones is 1. The number of hydrogen-bond acceptors (Lipinski definition) is 7. The van der Waals surface area contributed by atoms with Crippen molar-refractivity contribution in [3.05, 3.63) is 59.4 Å². The summed E-state index contributed by atoms with van der Waals surface area (Å²) in [6.07, 6.45) is 3.23. The van der Waals surface area contributed by atoms with Gasteiger partial charge in [0, 0.05) is 31.0 Å². The van der Waals surface area contributed by atoms with Gasteiger partial charge in [0.1, 0.15) is 19.0 Å². The number of pyridine rings is 1. The van der Waals surface area contributed by atoms with Gasteiger partial charge in [0.25, 0.3) is 11.7 Å². The zero-order valence-corrected chi connectivity index (χ0v) is 18.3. The van der Waals surface area contributed by atoms with Crippen LogP contribution < -0.4 is 9.47 Å². The predicted octanol–water partition coefficient (Wildman–Crippen LogP) is 2.62. The molecular formula is C24H27N3O5. The standard InChI is InChI=1S/C24H27N3O5/c1-3-26(4-2)11-12-27-21(16-7-9-25-10-8-16)20(23(29)24(27)30)22(28)17-5-6-18-19(15-17)32-14-13-31-18/h5-10,15,21,28H,3-4,11-14H2,1-2H3. The second-order valence-corrected chi connectivity index (χ2v) is 7.66. The van der Waals surface area contributed by atoms with Crippen molar-refractivity contribution in [2.75, 3.05) is 39.4 Å². The molecule has 8 heteroatoms. The molecule has 0 aliphatic carbocycles. The van der Waals surface area contributed by atoms with Gasteiger partial charge in [0.15, 0.2) is 11.5 Å². The van der Waals surface area contributed by atoms with Gasteiger partial charge in [0.05, 0.1) is 11.6 Å². The minimum Gasteiger partial charge on any atom is -0.507 e. The molecule has 1 saturated heterocycles. The lowest BCUT2D eigenvalue weighted by Crippen LogP contribution is -2.38.